The zero-order valence-electron chi connectivity index (χ0n) is 38.0. The summed E-state index contributed by atoms with van der Waals surface area (Å²) in [7, 11) is -4.60. The molecule has 2 unspecified atom stereocenters. The van der Waals surface area contributed by atoms with Crippen LogP contribution in [0.25, 0.3) is 0 Å². The summed E-state index contributed by atoms with van der Waals surface area (Å²) in [6, 6.07) is 0. The Labute approximate surface area is 370 Å². The van der Waals surface area contributed by atoms with Crippen molar-refractivity contribution >= 4 is 22.1 Å². The average Bonchev–Trinajstić information content (AvgIpc) is 3.22. The Kier molecular flexibility index (Phi) is 35.8. The second-order valence-corrected chi connectivity index (χ2v) is 18.3. The predicted molar refractivity (Wildman–Crippen MR) is 243 cm³/mol. The number of carbonyl (C=O) groups excluding carboxylic acids is 2. The third-order valence-corrected chi connectivity index (χ3v) is 11.7. The normalized spacial score (nSPS) is 20.3. The maximum atomic E-state index is 12.8. The van der Waals surface area contributed by atoms with Crippen LogP contribution in [0.1, 0.15) is 200 Å². The highest BCUT2D eigenvalue weighted by molar-refractivity contribution is 7.85. The van der Waals surface area contributed by atoms with Crippen molar-refractivity contribution in [3.05, 3.63) is 36.5 Å². The first-order valence-electron chi connectivity index (χ1n) is 24.0. The quantitative estimate of drug-likeness (QED) is 0.0198. The Morgan fingerprint density at radius 2 is 0.984 bits per heavy atom. The molecule has 0 aliphatic carbocycles. The van der Waals surface area contributed by atoms with Crippen molar-refractivity contribution in [3.8, 4) is 0 Å². The zero-order valence-corrected chi connectivity index (χ0v) is 38.8. The molecular weight excluding hydrogens is 801 g/mol. The van der Waals surface area contributed by atoms with Crippen LogP contribution in [0, 0.1) is 0 Å². The van der Waals surface area contributed by atoms with Gasteiger partial charge in [-0.25, -0.2) is 0 Å². The lowest BCUT2D eigenvalue weighted by Gasteiger charge is -2.40. The lowest BCUT2D eigenvalue weighted by molar-refractivity contribution is -0.297. The van der Waals surface area contributed by atoms with E-state index in [1.54, 1.807) is 0 Å². The molecule has 356 valence electrons. The molecule has 1 heterocycles. The molecular formula is C48H86O12S. The van der Waals surface area contributed by atoms with Crippen molar-refractivity contribution in [2.45, 2.75) is 237 Å². The number of allylic oxidation sites excluding steroid dienone is 6. The molecule has 6 atom stereocenters. The van der Waals surface area contributed by atoms with Crippen LogP contribution in [0.2, 0.25) is 0 Å². The highest BCUT2D eigenvalue weighted by Crippen LogP contribution is 2.24. The van der Waals surface area contributed by atoms with Gasteiger partial charge < -0.3 is 34.3 Å². The van der Waals surface area contributed by atoms with Gasteiger partial charge in [0.25, 0.3) is 10.1 Å². The van der Waals surface area contributed by atoms with Crippen LogP contribution >= 0.6 is 0 Å². The number of rotatable bonds is 40. The van der Waals surface area contributed by atoms with Crippen molar-refractivity contribution < 1.29 is 56.8 Å². The summed E-state index contributed by atoms with van der Waals surface area (Å²) in [5.74, 6) is -2.00. The second-order valence-electron chi connectivity index (χ2n) is 16.8. The summed E-state index contributed by atoms with van der Waals surface area (Å²) in [6.45, 7) is 3.72. The number of hydrogen-bond donors (Lipinski definition) is 4. The number of unbranched alkanes of at least 4 members (excludes halogenated alkanes) is 22. The Morgan fingerprint density at radius 1 is 0.557 bits per heavy atom. The van der Waals surface area contributed by atoms with Crippen molar-refractivity contribution in [1.29, 1.82) is 0 Å². The molecule has 0 aromatic heterocycles. The van der Waals surface area contributed by atoms with E-state index in [2.05, 4.69) is 50.3 Å². The van der Waals surface area contributed by atoms with E-state index < -0.39 is 71.2 Å². The zero-order chi connectivity index (χ0) is 44.8. The smallest absolute Gasteiger partial charge is 0.306 e. The van der Waals surface area contributed by atoms with Gasteiger partial charge in [0.2, 0.25) is 0 Å². The first-order valence-corrected chi connectivity index (χ1v) is 25.7. The third-order valence-electron chi connectivity index (χ3n) is 10.9. The predicted octanol–water partition coefficient (Wildman–Crippen LogP) is 10.2. The molecule has 0 spiro atoms. The Morgan fingerprint density at radius 3 is 1.49 bits per heavy atom. The van der Waals surface area contributed by atoms with Gasteiger partial charge in [0.05, 0.1) is 6.61 Å². The number of aliphatic hydroxyl groups is 3. The molecule has 61 heavy (non-hydrogen) atoms. The van der Waals surface area contributed by atoms with E-state index in [1.165, 1.54) is 83.5 Å². The number of esters is 2. The van der Waals surface area contributed by atoms with Gasteiger partial charge in [-0.05, 0) is 70.6 Å². The van der Waals surface area contributed by atoms with Crippen molar-refractivity contribution in [1.82, 2.24) is 0 Å². The molecule has 1 aliphatic heterocycles. The standard InChI is InChI=1S/C48H86O12S/c1-3-5-7-9-11-13-15-17-19-20-21-22-23-25-27-29-31-33-35-37-44(50)59-41(39-58-48-47(53)46(52)45(51)42(60-48)40-61(54,55)56)38-57-43(49)36-34-32-30-28-26-24-18-16-14-12-10-8-6-4-2/h11,13,16-19,41-42,45-48,51-53H,3-10,12,14-15,20-40H2,1-2H3,(H,54,55,56)/b13-11+,18-16+,19-17+/t41-,42-,45-,46?,47?,48+/m1/s1. The van der Waals surface area contributed by atoms with Crippen LogP contribution in [0.4, 0.5) is 0 Å². The van der Waals surface area contributed by atoms with Gasteiger partial charge >= 0.3 is 11.9 Å². The van der Waals surface area contributed by atoms with E-state index in [0.717, 1.165) is 77.0 Å². The summed E-state index contributed by atoms with van der Waals surface area (Å²) in [5, 5.41) is 30.9. The molecule has 0 aromatic rings. The monoisotopic (exact) mass is 887 g/mol. The van der Waals surface area contributed by atoms with E-state index in [0.29, 0.717) is 12.8 Å². The van der Waals surface area contributed by atoms with E-state index in [1.807, 2.05) is 0 Å². The topological polar surface area (TPSA) is 186 Å². The van der Waals surface area contributed by atoms with Crippen LogP contribution in [0.15, 0.2) is 36.5 Å². The summed E-state index contributed by atoms with van der Waals surface area (Å²) in [4.78, 5) is 25.4. The fraction of sp³-hybridized carbons (Fsp3) is 0.833. The minimum Gasteiger partial charge on any atom is -0.462 e. The second kappa shape index (κ2) is 38.3. The first-order chi connectivity index (χ1) is 29.5. The van der Waals surface area contributed by atoms with Gasteiger partial charge in [-0.15, -0.1) is 0 Å². The van der Waals surface area contributed by atoms with Gasteiger partial charge in [-0.1, -0.05) is 153 Å². The summed E-state index contributed by atoms with van der Waals surface area (Å²) in [5.41, 5.74) is 0. The largest absolute Gasteiger partial charge is 0.462 e. The number of hydrogen-bond acceptors (Lipinski definition) is 11. The van der Waals surface area contributed by atoms with Gasteiger partial charge in [0.15, 0.2) is 12.4 Å². The van der Waals surface area contributed by atoms with Crippen LogP contribution in [0.3, 0.4) is 0 Å². The number of aliphatic hydroxyl groups excluding tert-OH is 3. The minimum absolute atomic E-state index is 0.158. The maximum absolute atomic E-state index is 12.8. The molecule has 1 rings (SSSR count). The van der Waals surface area contributed by atoms with Crippen LogP contribution < -0.4 is 0 Å². The first kappa shape index (κ1) is 56.9. The fourth-order valence-corrected chi connectivity index (χ4v) is 7.86. The molecule has 13 heteroatoms. The van der Waals surface area contributed by atoms with Crippen molar-refractivity contribution in [3.63, 3.8) is 0 Å². The highest BCUT2D eigenvalue weighted by atomic mass is 32.2. The summed E-state index contributed by atoms with van der Waals surface area (Å²) < 4.78 is 54.1. The summed E-state index contributed by atoms with van der Waals surface area (Å²) in [6.07, 6.45) is 34.7. The van der Waals surface area contributed by atoms with Crippen LogP contribution in [-0.4, -0.2) is 96.0 Å². The Balaban J connectivity index is 2.42. The molecule has 1 saturated heterocycles. The molecule has 0 radical (unpaired) electrons. The van der Waals surface area contributed by atoms with E-state index in [4.69, 9.17) is 18.9 Å². The number of carbonyl (C=O) groups is 2. The molecule has 0 saturated carbocycles. The van der Waals surface area contributed by atoms with Crippen molar-refractivity contribution in [2.75, 3.05) is 19.0 Å². The Bertz CT molecular complexity index is 1270. The summed E-state index contributed by atoms with van der Waals surface area (Å²) >= 11 is 0. The SMILES string of the molecule is CCCCC/C=C/C/C=C/CCCCCCCCCCCC(=O)O[C@H](COC(=O)CCCCCCC/C=C/CCCCCCC)CO[C@H]1O[C@H](CS(=O)(=O)O)[C@@H](O)C(O)C1O. The van der Waals surface area contributed by atoms with Gasteiger partial charge in [0.1, 0.15) is 36.8 Å². The van der Waals surface area contributed by atoms with Gasteiger partial charge in [-0.2, -0.15) is 8.42 Å². The van der Waals surface area contributed by atoms with Crippen molar-refractivity contribution in [2.24, 2.45) is 0 Å². The lowest BCUT2D eigenvalue weighted by Crippen LogP contribution is -2.60. The molecule has 0 amide bonds. The maximum Gasteiger partial charge on any atom is 0.306 e. The fourth-order valence-electron chi connectivity index (χ4n) is 7.17. The lowest BCUT2D eigenvalue weighted by atomic mass is 10.00. The van der Waals surface area contributed by atoms with E-state index >= 15 is 0 Å². The minimum atomic E-state index is -4.60. The highest BCUT2D eigenvalue weighted by Gasteiger charge is 2.46. The van der Waals surface area contributed by atoms with E-state index in [9.17, 15) is 37.9 Å². The molecule has 1 fully saturated rings. The molecule has 12 nitrogen and oxygen atoms in total. The molecule has 4 N–H and O–H groups in total. The van der Waals surface area contributed by atoms with E-state index in [-0.39, 0.29) is 19.4 Å². The molecule has 0 bridgehead atoms. The average molecular weight is 887 g/mol. The Hall–Kier alpha value is -2.13. The van der Waals surface area contributed by atoms with Crippen LogP contribution in [-0.2, 0) is 38.7 Å². The van der Waals surface area contributed by atoms with Crippen LogP contribution in [0.5, 0.6) is 0 Å². The molecule has 0 aromatic carbocycles. The van der Waals surface area contributed by atoms with Gasteiger partial charge in [-0.3, -0.25) is 14.1 Å². The van der Waals surface area contributed by atoms with Gasteiger partial charge in [0, 0.05) is 12.8 Å². The molecule has 1 aliphatic rings. The third kappa shape index (κ3) is 33.1. The number of ether oxygens (including phenoxy) is 4.